The van der Waals surface area contributed by atoms with Crippen LogP contribution in [0.5, 0.6) is 0 Å². The molecule has 2 heterocycles. The molecule has 0 bridgehead atoms. The average molecular weight is 1560 g/mol. The van der Waals surface area contributed by atoms with Crippen LogP contribution in [-0.2, 0) is 99.0 Å². The van der Waals surface area contributed by atoms with Crippen molar-refractivity contribution in [3.63, 3.8) is 0 Å². The van der Waals surface area contributed by atoms with Gasteiger partial charge in [-0.3, -0.25) is 76.7 Å². The molecule has 600 valence electrons. The van der Waals surface area contributed by atoms with Crippen LogP contribution in [0.25, 0.3) is 10.9 Å². The van der Waals surface area contributed by atoms with Gasteiger partial charge in [-0.05, 0) is 82.7 Å². The molecule has 10 atom stereocenters. The number of aromatic nitrogens is 3. The Kier molecular flexibility index (Phi) is 41.9. The van der Waals surface area contributed by atoms with E-state index in [0.717, 1.165) is 11.8 Å². The van der Waals surface area contributed by atoms with Crippen LogP contribution in [-0.4, -0.2) is 277 Å². The predicted octanol–water partition coefficient (Wildman–Crippen LogP) is -6.47. The highest BCUT2D eigenvalue weighted by Crippen LogP contribution is 2.20. The summed E-state index contributed by atoms with van der Waals surface area (Å²) in [5, 5.41) is 45.8. The third kappa shape index (κ3) is 35.6. The smallest absolute Gasteiger partial charge is 0.246 e. The Morgan fingerprint density at radius 3 is 1.79 bits per heavy atom. The summed E-state index contributed by atoms with van der Waals surface area (Å²) in [5.74, 6) is -12.4. The number of hydrogen-bond donors (Lipinski definition) is 19. The van der Waals surface area contributed by atoms with Gasteiger partial charge in [-0.2, -0.15) is 11.8 Å². The Bertz CT molecular complexity index is 3510. The summed E-state index contributed by atoms with van der Waals surface area (Å²) >= 11 is 2.51. The van der Waals surface area contributed by atoms with E-state index in [9.17, 15) is 81.8 Å². The number of hydrogen-bond acceptors (Lipinski definition) is 23. The highest BCUT2D eigenvalue weighted by atomic mass is 32.2. The molecule has 0 saturated carbocycles. The highest BCUT2D eigenvalue weighted by molar-refractivity contribution is 7.99. The Labute approximate surface area is 633 Å². The van der Waals surface area contributed by atoms with Crippen molar-refractivity contribution < 1.29 is 91.3 Å². The monoisotopic (exact) mass is 1560 g/mol. The molecule has 0 radical (unpaired) electrons. The van der Waals surface area contributed by atoms with E-state index in [1.807, 2.05) is 20.1 Å². The first-order chi connectivity index (χ1) is 51.1. The molecule has 0 aliphatic heterocycles. The minimum atomic E-state index is -1.46. The van der Waals surface area contributed by atoms with Crippen molar-refractivity contribution in [2.75, 3.05) is 96.9 Å². The number of imidazole rings is 1. The van der Waals surface area contributed by atoms with Crippen LogP contribution in [0.2, 0.25) is 0 Å². The molecule has 0 aliphatic carbocycles. The Morgan fingerprint density at radius 2 is 1.16 bits per heavy atom. The molecule has 2 aromatic heterocycles. The number of carbonyl (C=O) groups excluding carboxylic acids is 16. The second-order valence-corrected chi connectivity index (χ2v) is 28.1. The second kappa shape index (κ2) is 49.1. The standard InChI is InChI=1S/C67H106N20O19S2/c1-36(2)23-47(64(101)82-45(58(69)95)17-22-107-10)83-65(102)49(25-42-27-70-34-75-42)80-54(92)29-74-67(104)57(37(3)4)86-60(97)39(6)78-63(100)48(24-41-26-72-44-14-12-11-13-43(41)44)84-62(99)46(15-16-52(68)90)79-56(94)32-106-21-20-105-19-18-71-59(96)38(5)77-53(91)28-73-61(98)51(33-108-35-76-40(7)89)85-66(103)50(31-88)81-55(93)30-87(8)9/h11-14,26-27,34,36-39,45-51,57,72,88H,15-25,28-33,35H2,1-10H3,(H2,68,90)(H2,69,95)(H,70,75)(H,71,96)(H,73,98)(H,74,104)(H,76,89)(H,77,91)(H,78,100)(H,79,94)(H,80,92)(H,81,93)(H,82,101)(H,83,102)(H,84,99)(H,85,103)(H,86,97)/t38-,39+,45+,46+,47+,48+,49+,50+,51+,57+/m1/s1. The predicted molar refractivity (Wildman–Crippen MR) is 397 cm³/mol. The zero-order chi connectivity index (χ0) is 80.6. The molecule has 3 rings (SSSR count). The van der Waals surface area contributed by atoms with Gasteiger partial charge in [0.05, 0.1) is 58.3 Å². The van der Waals surface area contributed by atoms with E-state index >= 15 is 0 Å². The van der Waals surface area contributed by atoms with Crippen molar-refractivity contribution in [3.8, 4) is 0 Å². The van der Waals surface area contributed by atoms with Crippen molar-refractivity contribution in [1.82, 2.24) is 94.3 Å². The van der Waals surface area contributed by atoms with Gasteiger partial charge in [-0.15, -0.1) is 11.8 Å². The number of nitrogens with one attached hydrogen (secondary N) is 16. The number of thioether (sulfide) groups is 2. The quantitative estimate of drug-likeness (QED) is 0.0185. The van der Waals surface area contributed by atoms with Gasteiger partial charge in [0.15, 0.2) is 0 Å². The molecule has 0 unspecified atom stereocenters. The lowest BCUT2D eigenvalue weighted by atomic mass is 10.0. The summed E-state index contributed by atoms with van der Waals surface area (Å²) < 4.78 is 10.9. The molecular formula is C67H106N20O19S2. The highest BCUT2D eigenvalue weighted by Gasteiger charge is 2.35. The molecule has 3 aromatic rings. The van der Waals surface area contributed by atoms with Gasteiger partial charge >= 0.3 is 0 Å². The summed E-state index contributed by atoms with van der Waals surface area (Å²) in [6, 6.07) is -5.75. The summed E-state index contributed by atoms with van der Waals surface area (Å²) in [4.78, 5) is 222. The van der Waals surface area contributed by atoms with E-state index in [4.69, 9.17) is 20.9 Å². The minimum Gasteiger partial charge on any atom is -0.394 e. The third-order valence-electron chi connectivity index (χ3n) is 15.7. The Balaban J connectivity index is 1.59. The van der Waals surface area contributed by atoms with Crippen LogP contribution in [0.4, 0.5) is 0 Å². The lowest BCUT2D eigenvalue weighted by Gasteiger charge is -2.26. The molecule has 16 amide bonds. The van der Waals surface area contributed by atoms with E-state index < -0.39 is 181 Å². The first-order valence-electron chi connectivity index (χ1n) is 34.8. The van der Waals surface area contributed by atoms with Crippen LogP contribution < -0.4 is 85.9 Å². The molecule has 0 fully saturated rings. The van der Waals surface area contributed by atoms with Crippen LogP contribution >= 0.6 is 23.5 Å². The topological polar surface area (TPSA) is 580 Å². The first-order valence-corrected chi connectivity index (χ1v) is 37.3. The molecule has 0 spiro atoms. The van der Waals surface area contributed by atoms with Crippen molar-refractivity contribution >= 4 is 129 Å². The fourth-order valence-electron chi connectivity index (χ4n) is 10.0. The largest absolute Gasteiger partial charge is 0.394 e. The number of likely N-dealkylation sites (N-methyl/N-ethyl adjacent to an activating group) is 1. The number of para-hydroxylation sites is 1. The third-order valence-corrected chi connectivity index (χ3v) is 17.3. The maximum atomic E-state index is 14.3. The summed E-state index contributed by atoms with van der Waals surface area (Å²) in [5.41, 5.74) is 12.7. The number of H-pyrrole nitrogens is 2. The lowest BCUT2D eigenvalue weighted by molar-refractivity contribution is -0.135. The fourth-order valence-corrected chi connectivity index (χ4v) is 11.4. The fraction of sp³-hybridized carbons (Fsp3) is 0.597. The number of nitrogens with zero attached hydrogens (tertiary/aromatic N) is 2. The maximum Gasteiger partial charge on any atom is 0.246 e. The van der Waals surface area contributed by atoms with E-state index in [1.165, 1.54) is 50.0 Å². The van der Waals surface area contributed by atoms with E-state index in [0.29, 0.717) is 27.9 Å². The van der Waals surface area contributed by atoms with Crippen LogP contribution in [0.1, 0.15) is 85.4 Å². The van der Waals surface area contributed by atoms with Crippen molar-refractivity contribution in [2.24, 2.45) is 23.3 Å². The first kappa shape index (κ1) is 92.2. The van der Waals surface area contributed by atoms with E-state index in [-0.39, 0.29) is 94.9 Å². The number of primary amides is 2. The van der Waals surface area contributed by atoms with Crippen LogP contribution in [0.3, 0.4) is 0 Å². The number of ether oxygens (including phenoxy) is 2. The minimum absolute atomic E-state index is 0.0435. The van der Waals surface area contributed by atoms with E-state index in [2.05, 4.69) is 89.4 Å². The van der Waals surface area contributed by atoms with Gasteiger partial charge in [0.2, 0.25) is 94.5 Å². The molecular weight excluding hydrogens is 1450 g/mol. The summed E-state index contributed by atoms with van der Waals surface area (Å²) in [7, 11) is 3.24. The SMILES string of the molecule is CSCC[C@H](NC(=O)[C@H](CC(C)C)NC(=O)[C@H](Cc1cnc[nH]1)NC(=O)CNC(=O)[C@@H](NC(=O)[C@H](C)NC(=O)[C@H](Cc1c[nH]c2ccccc12)NC(=O)[C@H](CCC(N)=O)NC(=O)COCCOCCNC(=O)[C@@H](C)NC(=O)CNC(=O)[C@H](CSCNC(C)=O)NC(=O)[C@H](CO)NC(=O)CN(C)C)C(C)C)C(N)=O. The van der Waals surface area contributed by atoms with Gasteiger partial charge in [-0.25, -0.2) is 4.98 Å². The number of amides is 16. The number of carbonyl (C=O) groups is 16. The normalized spacial score (nSPS) is 13.9. The molecule has 21 N–H and O–H groups in total. The van der Waals surface area contributed by atoms with E-state index in [1.54, 1.807) is 58.4 Å². The molecule has 108 heavy (non-hydrogen) atoms. The van der Waals surface area contributed by atoms with Crippen molar-refractivity contribution in [1.29, 1.82) is 0 Å². The molecule has 41 heteroatoms. The van der Waals surface area contributed by atoms with Crippen LogP contribution in [0, 0.1) is 11.8 Å². The van der Waals surface area contributed by atoms with Crippen molar-refractivity contribution in [2.45, 2.75) is 147 Å². The lowest BCUT2D eigenvalue weighted by Crippen LogP contribution is -2.59. The summed E-state index contributed by atoms with van der Waals surface area (Å²) in [6.07, 6.45) is 5.66. The zero-order valence-corrected chi connectivity index (χ0v) is 64.0. The van der Waals surface area contributed by atoms with Gasteiger partial charge < -0.3 is 115 Å². The zero-order valence-electron chi connectivity index (χ0n) is 62.4. The van der Waals surface area contributed by atoms with Gasteiger partial charge in [0.25, 0.3) is 0 Å². The molecule has 39 nitrogen and oxygen atoms in total. The van der Waals surface area contributed by atoms with Gasteiger partial charge in [0, 0.05) is 67.5 Å². The average Bonchev–Trinajstić information content (AvgIpc) is 1.66. The molecule has 0 aliphatic rings. The number of aliphatic hydroxyl groups is 1. The summed E-state index contributed by atoms with van der Waals surface area (Å²) in [6.45, 7) is 7.71. The van der Waals surface area contributed by atoms with Crippen LogP contribution in [0.15, 0.2) is 43.0 Å². The number of nitrogens with two attached hydrogens (primary N) is 2. The number of rotatable bonds is 52. The van der Waals surface area contributed by atoms with Gasteiger partial charge in [0.1, 0.15) is 67.0 Å². The van der Waals surface area contributed by atoms with Crippen molar-refractivity contribution in [3.05, 3.63) is 54.2 Å². The molecule has 0 saturated heterocycles. The Hall–Kier alpha value is -9.97. The number of aliphatic hydroxyl groups excluding tert-OH is 1. The number of benzene rings is 1. The number of fused-ring (bicyclic) bond motifs is 1. The number of aromatic amines is 2. The second-order valence-electron chi connectivity index (χ2n) is 26.1. The maximum absolute atomic E-state index is 14.3. The molecule has 1 aromatic carbocycles. The van der Waals surface area contributed by atoms with Gasteiger partial charge in [-0.1, -0.05) is 45.9 Å². The Morgan fingerprint density at radius 1 is 0.574 bits per heavy atom.